The lowest BCUT2D eigenvalue weighted by atomic mass is 10.1. The molecule has 0 amide bonds. The third-order valence-electron chi connectivity index (χ3n) is 2.55. The van der Waals surface area contributed by atoms with Gasteiger partial charge < -0.3 is 4.90 Å². The molecule has 90 valence electrons. The molecule has 0 N–H and O–H groups in total. The summed E-state index contributed by atoms with van der Waals surface area (Å²) in [7, 11) is 4.16. The summed E-state index contributed by atoms with van der Waals surface area (Å²) < 4.78 is 0. The van der Waals surface area contributed by atoms with Crippen molar-refractivity contribution < 1.29 is 4.79 Å². The van der Waals surface area contributed by atoms with Crippen molar-refractivity contribution in [3.8, 4) is 0 Å². The van der Waals surface area contributed by atoms with Gasteiger partial charge in [-0.05, 0) is 40.2 Å². The van der Waals surface area contributed by atoms with Gasteiger partial charge in [-0.25, -0.2) is 0 Å². The van der Waals surface area contributed by atoms with Crippen LogP contribution in [-0.2, 0) is 4.79 Å². The lowest BCUT2D eigenvalue weighted by Gasteiger charge is -2.21. The molecule has 0 bridgehead atoms. The topological polar surface area (TPSA) is 23.6 Å². The Bertz CT molecular complexity index is 178. The van der Waals surface area contributed by atoms with Gasteiger partial charge in [0.05, 0.1) is 6.54 Å². The molecule has 3 heteroatoms. The van der Waals surface area contributed by atoms with E-state index in [9.17, 15) is 4.79 Å². The van der Waals surface area contributed by atoms with Crippen LogP contribution in [0.25, 0.3) is 0 Å². The van der Waals surface area contributed by atoms with E-state index in [-0.39, 0.29) is 5.92 Å². The summed E-state index contributed by atoms with van der Waals surface area (Å²) in [5, 5.41) is 0. The van der Waals surface area contributed by atoms with Crippen LogP contribution in [0.5, 0.6) is 0 Å². The van der Waals surface area contributed by atoms with Crippen LogP contribution in [0.2, 0.25) is 0 Å². The van der Waals surface area contributed by atoms with Gasteiger partial charge in [0.1, 0.15) is 5.78 Å². The molecule has 0 rings (SSSR count). The van der Waals surface area contributed by atoms with Crippen molar-refractivity contribution in [3.63, 3.8) is 0 Å². The number of carbonyl (C=O) groups is 1. The smallest absolute Gasteiger partial charge is 0.149 e. The predicted molar refractivity (Wildman–Crippen MR) is 65.1 cm³/mol. The second-order valence-electron chi connectivity index (χ2n) is 4.65. The van der Waals surface area contributed by atoms with Crippen molar-refractivity contribution in [2.45, 2.75) is 27.2 Å². The molecule has 0 aromatic carbocycles. The van der Waals surface area contributed by atoms with E-state index in [4.69, 9.17) is 0 Å². The van der Waals surface area contributed by atoms with Crippen LogP contribution >= 0.6 is 0 Å². The highest BCUT2D eigenvalue weighted by Gasteiger charge is 2.11. The molecule has 0 aromatic rings. The number of likely N-dealkylation sites (N-methyl/N-ethyl adjacent to an activating group) is 1. The highest BCUT2D eigenvalue weighted by molar-refractivity contribution is 5.82. The zero-order valence-corrected chi connectivity index (χ0v) is 10.9. The first-order valence-electron chi connectivity index (χ1n) is 5.87. The van der Waals surface area contributed by atoms with Crippen molar-refractivity contribution in [1.82, 2.24) is 9.80 Å². The molecule has 0 unspecified atom stereocenters. The van der Waals surface area contributed by atoms with E-state index in [1.165, 1.54) is 0 Å². The van der Waals surface area contributed by atoms with Crippen LogP contribution in [0.1, 0.15) is 27.2 Å². The van der Waals surface area contributed by atoms with Gasteiger partial charge in [0.15, 0.2) is 0 Å². The van der Waals surface area contributed by atoms with Gasteiger partial charge in [-0.3, -0.25) is 9.69 Å². The fourth-order valence-corrected chi connectivity index (χ4v) is 1.36. The van der Waals surface area contributed by atoms with Gasteiger partial charge in [0.2, 0.25) is 0 Å². The molecule has 3 nitrogen and oxygen atoms in total. The monoisotopic (exact) mass is 214 g/mol. The standard InChI is InChI=1S/C12H26N2O/c1-6-14(9-7-8-13(4)5)10-12(15)11(2)3/h11H,6-10H2,1-5H3. The molecule has 0 spiro atoms. The van der Waals surface area contributed by atoms with Crippen LogP contribution in [0.4, 0.5) is 0 Å². The first kappa shape index (κ1) is 14.6. The van der Waals surface area contributed by atoms with E-state index >= 15 is 0 Å². The maximum Gasteiger partial charge on any atom is 0.149 e. The van der Waals surface area contributed by atoms with Crippen LogP contribution in [0.3, 0.4) is 0 Å². The summed E-state index contributed by atoms with van der Waals surface area (Å²) in [5.74, 6) is 0.509. The maximum absolute atomic E-state index is 11.6. The number of Topliss-reactive ketones (excluding diaryl/α,β-unsaturated/α-hetero) is 1. The van der Waals surface area contributed by atoms with Crippen molar-refractivity contribution in [3.05, 3.63) is 0 Å². The van der Waals surface area contributed by atoms with Crippen molar-refractivity contribution in [2.75, 3.05) is 40.3 Å². The molecule has 15 heavy (non-hydrogen) atoms. The highest BCUT2D eigenvalue weighted by Crippen LogP contribution is 1.99. The number of nitrogens with zero attached hydrogens (tertiary/aromatic N) is 2. The molecule has 0 heterocycles. The van der Waals surface area contributed by atoms with Gasteiger partial charge in [-0.15, -0.1) is 0 Å². The SMILES string of the molecule is CCN(CCCN(C)C)CC(=O)C(C)C. The van der Waals surface area contributed by atoms with E-state index in [1.54, 1.807) is 0 Å². The van der Waals surface area contributed by atoms with E-state index in [0.29, 0.717) is 12.3 Å². The minimum atomic E-state index is 0.160. The predicted octanol–water partition coefficient (Wildman–Crippen LogP) is 1.49. The molecular weight excluding hydrogens is 188 g/mol. The van der Waals surface area contributed by atoms with E-state index < -0.39 is 0 Å². The number of hydrogen-bond acceptors (Lipinski definition) is 3. The average molecular weight is 214 g/mol. The number of ketones is 1. The van der Waals surface area contributed by atoms with Gasteiger partial charge >= 0.3 is 0 Å². The molecule has 0 aliphatic heterocycles. The summed E-state index contributed by atoms with van der Waals surface area (Å²) in [5.41, 5.74) is 0. The maximum atomic E-state index is 11.6. The Morgan fingerprint density at radius 3 is 2.20 bits per heavy atom. The van der Waals surface area contributed by atoms with Crippen LogP contribution in [-0.4, -0.2) is 55.9 Å². The fraction of sp³-hybridized carbons (Fsp3) is 0.917. The van der Waals surface area contributed by atoms with Crippen LogP contribution in [0, 0.1) is 5.92 Å². The van der Waals surface area contributed by atoms with E-state index in [2.05, 4.69) is 30.8 Å². The highest BCUT2D eigenvalue weighted by atomic mass is 16.1. The van der Waals surface area contributed by atoms with Gasteiger partial charge in [-0.2, -0.15) is 0 Å². The third-order valence-corrected chi connectivity index (χ3v) is 2.55. The lowest BCUT2D eigenvalue weighted by molar-refractivity contribution is -0.123. The van der Waals surface area contributed by atoms with Gasteiger partial charge in [0, 0.05) is 5.92 Å². The number of carbonyl (C=O) groups excluding carboxylic acids is 1. The molecule has 0 saturated carbocycles. The summed E-state index contributed by atoms with van der Waals surface area (Å²) in [6.07, 6.45) is 1.13. The molecule has 0 aliphatic carbocycles. The minimum Gasteiger partial charge on any atom is -0.309 e. The Morgan fingerprint density at radius 1 is 1.20 bits per heavy atom. The Labute approximate surface area is 94.4 Å². The molecule has 0 aliphatic rings. The summed E-state index contributed by atoms with van der Waals surface area (Å²) >= 11 is 0. The first-order chi connectivity index (χ1) is 6.97. The largest absolute Gasteiger partial charge is 0.309 e. The first-order valence-corrected chi connectivity index (χ1v) is 5.87. The Balaban J connectivity index is 3.78. The van der Waals surface area contributed by atoms with Crippen molar-refractivity contribution in [2.24, 2.45) is 5.92 Å². The molecule has 0 aromatic heterocycles. The summed E-state index contributed by atoms with van der Waals surface area (Å²) in [6, 6.07) is 0. The summed E-state index contributed by atoms with van der Waals surface area (Å²) in [6.45, 7) is 9.74. The number of hydrogen-bond donors (Lipinski definition) is 0. The van der Waals surface area contributed by atoms with E-state index in [1.807, 2.05) is 13.8 Å². The molecule has 0 atom stereocenters. The van der Waals surface area contributed by atoms with Crippen molar-refractivity contribution in [1.29, 1.82) is 0 Å². The number of rotatable bonds is 8. The Kier molecular flexibility index (Phi) is 7.61. The second-order valence-corrected chi connectivity index (χ2v) is 4.65. The quantitative estimate of drug-likeness (QED) is 0.611. The molecule has 0 saturated heterocycles. The fourth-order valence-electron chi connectivity index (χ4n) is 1.36. The summed E-state index contributed by atoms with van der Waals surface area (Å²) in [4.78, 5) is 16.0. The molecule has 0 fully saturated rings. The molecule has 0 radical (unpaired) electrons. The third kappa shape index (κ3) is 7.51. The molecular formula is C12H26N2O. The Morgan fingerprint density at radius 2 is 1.80 bits per heavy atom. The Hall–Kier alpha value is -0.410. The lowest BCUT2D eigenvalue weighted by Crippen LogP contribution is -2.33. The zero-order valence-electron chi connectivity index (χ0n) is 10.9. The van der Waals surface area contributed by atoms with E-state index in [0.717, 1.165) is 26.1 Å². The normalized spacial score (nSPS) is 11.7. The van der Waals surface area contributed by atoms with Gasteiger partial charge in [-0.1, -0.05) is 20.8 Å². The van der Waals surface area contributed by atoms with Crippen LogP contribution < -0.4 is 0 Å². The second kappa shape index (κ2) is 7.83. The minimum absolute atomic E-state index is 0.160. The van der Waals surface area contributed by atoms with Gasteiger partial charge in [0.25, 0.3) is 0 Å². The zero-order chi connectivity index (χ0) is 11.8. The van der Waals surface area contributed by atoms with Crippen LogP contribution in [0.15, 0.2) is 0 Å². The van der Waals surface area contributed by atoms with Crippen molar-refractivity contribution >= 4 is 5.78 Å². The average Bonchev–Trinajstić information content (AvgIpc) is 2.15.